The molecule has 1 amide bonds. The number of rotatable bonds is 4. The van der Waals surface area contributed by atoms with Gasteiger partial charge in [0.2, 0.25) is 0 Å². The van der Waals surface area contributed by atoms with Gasteiger partial charge in [0, 0.05) is 10.7 Å². The van der Waals surface area contributed by atoms with Gasteiger partial charge >= 0.3 is 0 Å². The summed E-state index contributed by atoms with van der Waals surface area (Å²) in [4.78, 5) is 14.2. The Morgan fingerprint density at radius 3 is 2.44 bits per heavy atom. The molecule has 128 valence electrons. The van der Waals surface area contributed by atoms with Gasteiger partial charge in [-0.25, -0.2) is 0 Å². The quantitative estimate of drug-likeness (QED) is 0.635. The first-order valence-corrected chi connectivity index (χ1v) is 8.20. The Labute approximate surface area is 151 Å². The molecule has 2 N–H and O–H groups in total. The van der Waals surface area contributed by atoms with Gasteiger partial charge in [-0.15, -0.1) is 0 Å². The van der Waals surface area contributed by atoms with E-state index in [0.29, 0.717) is 10.7 Å². The maximum Gasteiger partial charge on any atom is 0.264 e. The van der Waals surface area contributed by atoms with Crippen molar-refractivity contribution in [1.29, 1.82) is 0 Å². The molecule has 6 heteroatoms. The van der Waals surface area contributed by atoms with Crippen molar-refractivity contribution in [2.24, 2.45) is 5.10 Å². The molecule has 0 saturated heterocycles. The van der Waals surface area contributed by atoms with Crippen molar-refractivity contribution in [3.8, 4) is 0 Å². The van der Waals surface area contributed by atoms with E-state index < -0.39 is 0 Å². The normalized spacial score (nSPS) is 15.1. The fourth-order valence-corrected chi connectivity index (χ4v) is 2.71. The summed E-state index contributed by atoms with van der Waals surface area (Å²) in [5, 5.41) is 15.1. The molecule has 1 heterocycles. The first kappa shape index (κ1) is 17.0. The number of carbonyl (C=O) groups is 1. The number of carbonyl (C=O) groups excluding carboxylic acids is 1. The first-order chi connectivity index (χ1) is 12.0. The van der Waals surface area contributed by atoms with Crippen LogP contribution >= 0.6 is 11.6 Å². The van der Waals surface area contributed by atoms with Gasteiger partial charge in [0.1, 0.15) is 11.3 Å². The zero-order valence-electron chi connectivity index (χ0n) is 14.0. The number of anilines is 2. The summed E-state index contributed by atoms with van der Waals surface area (Å²) in [6.45, 7) is 3.81. The van der Waals surface area contributed by atoms with Gasteiger partial charge in [-0.3, -0.25) is 10.2 Å². The Balaban J connectivity index is 1.77. The van der Waals surface area contributed by atoms with E-state index in [2.05, 4.69) is 10.5 Å². The number of hydrazone groups is 1. The van der Waals surface area contributed by atoms with Gasteiger partial charge in [-0.2, -0.15) is 5.10 Å². The standard InChI is InChI=1S/C19H18ClN3O2/c1-12-3-9-16(10-4-12)23-11-17(24)18(19(23)25)13(2)21-22-15-7-5-14(20)6-8-15/h3-10,22,24H,11H2,1-2H3. The lowest BCUT2D eigenvalue weighted by molar-refractivity contribution is -0.114. The third-order valence-corrected chi connectivity index (χ3v) is 4.21. The maximum absolute atomic E-state index is 12.7. The molecule has 1 aliphatic heterocycles. The van der Waals surface area contributed by atoms with E-state index in [4.69, 9.17) is 11.6 Å². The van der Waals surface area contributed by atoms with E-state index in [0.717, 1.165) is 16.9 Å². The van der Waals surface area contributed by atoms with Crippen molar-refractivity contribution in [3.05, 3.63) is 70.4 Å². The van der Waals surface area contributed by atoms with Crippen LogP contribution in [0.15, 0.2) is 65.0 Å². The molecule has 0 atom stereocenters. The Morgan fingerprint density at radius 2 is 1.80 bits per heavy atom. The van der Waals surface area contributed by atoms with Crippen LogP contribution in [0.1, 0.15) is 12.5 Å². The maximum atomic E-state index is 12.7. The van der Waals surface area contributed by atoms with Crippen LogP contribution in [-0.2, 0) is 4.79 Å². The fourth-order valence-electron chi connectivity index (χ4n) is 2.58. The molecule has 3 rings (SSSR count). The topological polar surface area (TPSA) is 64.9 Å². The molecule has 5 nitrogen and oxygen atoms in total. The van der Waals surface area contributed by atoms with E-state index >= 15 is 0 Å². The molecular formula is C19H18ClN3O2. The number of amides is 1. The molecule has 0 aromatic heterocycles. The zero-order chi connectivity index (χ0) is 18.0. The summed E-state index contributed by atoms with van der Waals surface area (Å²) in [6.07, 6.45) is 0. The lowest BCUT2D eigenvalue weighted by Crippen LogP contribution is -2.28. The lowest BCUT2D eigenvalue weighted by atomic mass is 10.1. The SMILES string of the molecule is CC(=NNc1ccc(Cl)cc1)C1=C(O)CN(c2ccc(C)cc2)C1=O. The average Bonchev–Trinajstić information content (AvgIpc) is 2.89. The predicted octanol–water partition coefficient (Wildman–Crippen LogP) is 4.30. The fraction of sp³-hybridized carbons (Fsp3) is 0.158. The smallest absolute Gasteiger partial charge is 0.264 e. The van der Waals surface area contributed by atoms with Gasteiger partial charge in [0.05, 0.1) is 17.9 Å². The van der Waals surface area contributed by atoms with Crippen molar-refractivity contribution in [2.75, 3.05) is 16.9 Å². The summed E-state index contributed by atoms with van der Waals surface area (Å²) in [6, 6.07) is 14.6. The second-order valence-electron chi connectivity index (χ2n) is 5.86. The van der Waals surface area contributed by atoms with Crippen molar-refractivity contribution < 1.29 is 9.90 Å². The third kappa shape index (κ3) is 3.67. The number of nitrogens with zero attached hydrogens (tertiary/aromatic N) is 2. The summed E-state index contributed by atoms with van der Waals surface area (Å²) in [5.41, 5.74) is 6.11. The molecule has 0 fully saturated rings. The summed E-state index contributed by atoms with van der Waals surface area (Å²) >= 11 is 5.85. The largest absolute Gasteiger partial charge is 0.509 e. The highest BCUT2D eigenvalue weighted by Crippen LogP contribution is 2.26. The number of hydrogen-bond donors (Lipinski definition) is 2. The third-order valence-electron chi connectivity index (χ3n) is 3.96. The molecular weight excluding hydrogens is 338 g/mol. The summed E-state index contributed by atoms with van der Waals surface area (Å²) in [5.74, 6) is -0.245. The Hall–Kier alpha value is -2.79. The minimum absolute atomic E-state index is 0.0183. The van der Waals surface area contributed by atoms with Crippen molar-refractivity contribution in [2.45, 2.75) is 13.8 Å². The number of nitrogens with one attached hydrogen (secondary N) is 1. The molecule has 0 saturated carbocycles. The van der Waals surface area contributed by atoms with E-state index in [1.807, 2.05) is 31.2 Å². The highest BCUT2D eigenvalue weighted by atomic mass is 35.5. The van der Waals surface area contributed by atoms with E-state index in [1.165, 1.54) is 4.90 Å². The minimum Gasteiger partial charge on any atom is -0.509 e. The van der Waals surface area contributed by atoms with Crippen LogP contribution < -0.4 is 10.3 Å². The highest BCUT2D eigenvalue weighted by molar-refractivity contribution is 6.30. The van der Waals surface area contributed by atoms with Crippen LogP contribution in [0, 0.1) is 6.92 Å². The number of hydrogen-bond acceptors (Lipinski definition) is 4. The van der Waals surface area contributed by atoms with Crippen LogP contribution in [0.5, 0.6) is 0 Å². The first-order valence-electron chi connectivity index (χ1n) is 7.82. The Bertz CT molecular complexity index is 855. The summed E-state index contributed by atoms with van der Waals surface area (Å²) in [7, 11) is 0. The molecule has 0 bridgehead atoms. The number of aliphatic hydroxyl groups is 1. The molecule has 0 aliphatic carbocycles. The van der Waals surface area contributed by atoms with Gasteiger partial charge in [0.25, 0.3) is 5.91 Å². The molecule has 25 heavy (non-hydrogen) atoms. The second kappa shape index (κ2) is 6.99. The average molecular weight is 356 g/mol. The van der Waals surface area contributed by atoms with Crippen LogP contribution in [-0.4, -0.2) is 23.3 Å². The Kier molecular flexibility index (Phi) is 4.76. The summed E-state index contributed by atoms with van der Waals surface area (Å²) < 4.78 is 0. The van der Waals surface area contributed by atoms with Crippen LogP contribution in [0.2, 0.25) is 5.02 Å². The predicted molar refractivity (Wildman–Crippen MR) is 101 cm³/mol. The minimum atomic E-state index is -0.263. The number of benzene rings is 2. The molecule has 0 radical (unpaired) electrons. The molecule has 2 aromatic carbocycles. The van der Waals surface area contributed by atoms with Crippen molar-refractivity contribution in [1.82, 2.24) is 0 Å². The zero-order valence-corrected chi connectivity index (χ0v) is 14.7. The molecule has 1 aliphatic rings. The van der Waals surface area contributed by atoms with Gasteiger partial charge < -0.3 is 10.0 Å². The lowest BCUT2D eigenvalue weighted by Gasteiger charge is -2.16. The monoisotopic (exact) mass is 355 g/mol. The van der Waals surface area contributed by atoms with Gasteiger partial charge in [-0.05, 0) is 50.2 Å². The molecule has 0 spiro atoms. The number of aliphatic hydroxyl groups excluding tert-OH is 1. The van der Waals surface area contributed by atoms with Gasteiger partial charge in [0.15, 0.2) is 0 Å². The van der Waals surface area contributed by atoms with Crippen molar-refractivity contribution >= 4 is 34.6 Å². The second-order valence-corrected chi connectivity index (χ2v) is 6.30. The number of aryl methyl sites for hydroxylation is 1. The van der Waals surface area contributed by atoms with Crippen LogP contribution in [0.4, 0.5) is 11.4 Å². The van der Waals surface area contributed by atoms with Gasteiger partial charge in [-0.1, -0.05) is 29.3 Å². The van der Waals surface area contributed by atoms with E-state index in [-0.39, 0.29) is 23.8 Å². The van der Waals surface area contributed by atoms with Crippen molar-refractivity contribution in [3.63, 3.8) is 0 Å². The van der Waals surface area contributed by atoms with Crippen LogP contribution in [0.3, 0.4) is 0 Å². The number of halogens is 1. The molecule has 2 aromatic rings. The van der Waals surface area contributed by atoms with E-state index in [1.54, 1.807) is 31.2 Å². The Morgan fingerprint density at radius 1 is 1.16 bits per heavy atom. The van der Waals surface area contributed by atoms with E-state index in [9.17, 15) is 9.90 Å². The van der Waals surface area contributed by atoms with Crippen LogP contribution in [0.25, 0.3) is 0 Å². The highest BCUT2D eigenvalue weighted by Gasteiger charge is 2.33. The molecule has 0 unspecified atom stereocenters.